The van der Waals surface area contributed by atoms with E-state index in [2.05, 4.69) is 15.4 Å². The zero-order chi connectivity index (χ0) is 11.7. The quantitative estimate of drug-likeness (QED) is 0.862. The average Bonchev–Trinajstić information content (AvgIpc) is 2.74. The molecule has 2 aromatic heterocycles. The molecular formula is C13H18N4. The van der Waals surface area contributed by atoms with Gasteiger partial charge in [0, 0.05) is 11.7 Å². The molecule has 4 heteroatoms. The molecule has 0 unspecified atom stereocenters. The Hall–Kier alpha value is -1.58. The molecule has 0 bridgehead atoms. The number of anilines is 1. The molecule has 0 spiro atoms. The van der Waals surface area contributed by atoms with E-state index < -0.39 is 0 Å². The van der Waals surface area contributed by atoms with Crippen molar-refractivity contribution in [1.29, 1.82) is 0 Å². The van der Waals surface area contributed by atoms with E-state index in [4.69, 9.17) is 0 Å². The normalized spacial score (nSPS) is 17.5. The highest BCUT2D eigenvalue weighted by Crippen LogP contribution is 2.20. The van der Waals surface area contributed by atoms with Crippen molar-refractivity contribution in [2.75, 3.05) is 5.32 Å². The first-order valence-electron chi connectivity index (χ1n) is 6.42. The third kappa shape index (κ3) is 2.12. The fourth-order valence-electron chi connectivity index (χ4n) is 2.53. The number of hydrogen-bond acceptors (Lipinski definition) is 3. The standard InChI is InChI=1S/C13H18N4/c1-10-6-5-9-12-15-13(16-17(10)12)14-11-7-3-2-4-8-11/h5-6,9,11H,2-4,7-8H2,1H3,(H,14,16). The van der Waals surface area contributed by atoms with Gasteiger partial charge >= 0.3 is 0 Å². The highest BCUT2D eigenvalue weighted by atomic mass is 15.4. The van der Waals surface area contributed by atoms with Gasteiger partial charge < -0.3 is 5.32 Å². The molecule has 1 N–H and O–H groups in total. The SMILES string of the molecule is Cc1cccc2nc(NC3CCCCC3)nn12. The molecule has 1 saturated carbocycles. The molecule has 0 atom stereocenters. The summed E-state index contributed by atoms with van der Waals surface area (Å²) in [6.45, 7) is 2.05. The van der Waals surface area contributed by atoms with Gasteiger partial charge in [0.2, 0.25) is 5.95 Å². The van der Waals surface area contributed by atoms with Crippen molar-refractivity contribution in [2.24, 2.45) is 0 Å². The van der Waals surface area contributed by atoms with Crippen molar-refractivity contribution in [3.63, 3.8) is 0 Å². The molecule has 17 heavy (non-hydrogen) atoms. The summed E-state index contributed by atoms with van der Waals surface area (Å²) in [6, 6.07) is 6.61. The second kappa shape index (κ2) is 4.35. The minimum Gasteiger partial charge on any atom is -0.350 e. The van der Waals surface area contributed by atoms with Crippen LogP contribution in [-0.4, -0.2) is 20.6 Å². The number of aromatic nitrogens is 3. The summed E-state index contributed by atoms with van der Waals surface area (Å²) in [5, 5.41) is 7.96. The monoisotopic (exact) mass is 230 g/mol. The maximum absolute atomic E-state index is 4.51. The highest BCUT2D eigenvalue weighted by molar-refractivity contribution is 5.44. The Bertz CT molecular complexity index is 511. The Labute approximate surface area is 101 Å². The van der Waals surface area contributed by atoms with E-state index in [1.807, 2.05) is 29.6 Å². The molecule has 4 nitrogen and oxygen atoms in total. The predicted octanol–water partition coefficient (Wildman–Crippen LogP) is 2.78. The lowest BCUT2D eigenvalue weighted by molar-refractivity contribution is 0.461. The summed E-state index contributed by atoms with van der Waals surface area (Å²) in [5.41, 5.74) is 2.04. The number of pyridine rings is 1. The second-order valence-electron chi connectivity index (χ2n) is 4.85. The number of rotatable bonds is 2. The second-order valence-corrected chi connectivity index (χ2v) is 4.85. The van der Waals surface area contributed by atoms with Crippen LogP contribution < -0.4 is 5.32 Å². The van der Waals surface area contributed by atoms with Gasteiger partial charge in [-0.05, 0) is 31.9 Å². The van der Waals surface area contributed by atoms with E-state index in [9.17, 15) is 0 Å². The zero-order valence-electron chi connectivity index (χ0n) is 10.2. The summed E-state index contributed by atoms with van der Waals surface area (Å²) < 4.78 is 1.89. The lowest BCUT2D eigenvalue weighted by Gasteiger charge is -2.21. The Morgan fingerprint density at radius 3 is 2.82 bits per heavy atom. The Balaban J connectivity index is 1.83. The van der Waals surface area contributed by atoms with Crippen LogP contribution in [0.1, 0.15) is 37.8 Å². The van der Waals surface area contributed by atoms with Crippen LogP contribution in [0, 0.1) is 6.92 Å². The van der Waals surface area contributed by atoms with E-state index in [-0.39, 0.29) is 0 Å². The van der Waals surface area contributed by atoms with Crippen molar-refractivity contribution in [3.05, 3.63) is 23.9 Å². The van der Waals surface area contributed by atoms with E-state index in [1.165, 1.54) is 32.1 Å². The summed E-state index contributed by atoms with van der Waals surface area (Å²) in [6.07, 6.45) is 6.51. The molecule has 3 rings (SSSR count). The molecule has 90 valence electrons. The van der Waals surface area contributed by atoms with Crippen LogP contribution in [0.25, 0.3) is 5.65 Å². The lowest BCUT2D eigenvalue weighted by Crippen LogP contribution is -2.22. The van der Waals surface area contributed by atoms with Crippen molar-refractivity contribution in [2.45, 2.75) is 45.1 Å². The van der Waals surface area contributed by atoms with E-state index in [0.717, 1.165) is 17.3 Å². The Morgan fingerprint density at radius 2 is 2.06 bits per heavy atom. The third-order valence-corrected chi connectivity index (χ3v) is 3.49. The van der Waals surface area contributed by atoms with Crippen molar-refractivity contribution >= 4 is 11.6 Å². The first-order chi connectivity index (χ1) is 8.33. The Morgan fingerprint density at radius 1 is 1.24 bits per heavy atom. The van der Waals surface area contributed by atoms with Crippen LogP contribution >= 0.6 is 0 Å². The van der Waals surface area contributed by atoms with Crippen LogP contribution in [0.3, 0.4) is 0 Å². The van der Waals surface area contributed by atoms with Gasteiger partial charge in [-0.15, -0.1) is 5.10 Å². The number of nitrogens with zero attached hydrogens (tertiary/aromatic N) is 3. The van der Waals surface area contributed by atoms with Gasteiger partial charge in [0.05, 0.1) is 0 Å². The summed E-state index contributed by atoms with van der Waals surface area (Å²) in [5.74, 6) is 0.770. The molecule has 2 aromatic rings. The molecule has 2 heterocycles. The van der Waals surface area contributed by atoms with Crippen LogP contribution in [0.15, 0.2) is 18.2 Å². The van der Waals surface area contributed by atoms with Crippen molar-refractivity contribution < 1.29 is 0 Å². The fraction of sp³-hybridized carbons (Fsp3) is 0.538. The van der Waals surface area contributed by atoms with Crippen LogP contribution in [-0.2, 0) is 0 Å². The van der Waals surface area contributed by atoms with Crippen LogP contribution in [0.2, 0.25) is 0 Å². The number of hydrogen-bond donors (Lipinski definition) is 1. The summed E-state index contributed by atoms with van der Waals surface area (Å²) >= 11 is 0. The number of fused-ring (bicyclic) bond motifs is 1. The van der Waals surface area contributed by atoms with Gasteiger partial charge in [-0.1, -0.05) is 25.3 Å². The molecule has 1 fully saturated rings. The minimum absolute atomic E-state index is 0.557. The van der Waals surface area contributed by atoms with Gasteiger partial charge in [-0.3, -0.25) is 0 Å². The van der Waals surface area contributed by atoms with Crippen molar-refractivity contribution in [1.82, 2.24) is 14.6 Å². The van der Waals surface area contributed by atoms with Crippen LogP contribution in [0.5, 0.6) is 0 Å². The molecule has 0 aliphatic heterocycles. The molecule has 1 aliphatic rings. The fourth-order valence-corrected chi connectivity index (χ4v) is 2.53. The van der Waals surface area contributed by atoms with Gasteiger partial charge in [0.1, 0.15) is 0 Å². The molecule has 0 amide bonds. The largest absolute Gasteiger partial charge is 0.350 e. The van der Waals surface area contributed by atoms with Crippen molar-refractivity contribution in [3.8, 4) is 0 Å². The van der Waals surface area contributed by atoms with E-state index >= 15 is 0 Å². The molecule has 0 aromatic carbocycles. The molecule has 0 radical (unpaired) electrons. The lowest BCUT2D eigenvalue weighted by atomic mass is 9.96. The molecular weight excluding hydrogens is 212 g/mol. The maximum atomic E-state index is 4.51. The first-order valence-corrected chi connectivity index (χ1v) is 6.42. The molecule has 1 aliphatic carbocycles. The van der Waals surface area contributed by atoms with Gasteiger partial charge in [-0.2, -0.15) is 4.98 Å². The molecule has 0 saturated heterocycles. The predicted molar refractivity (Wildman–Crippen MR) is 68.2 cm³/mol. The van der Waals surface area contributed by atoms with E-state index in [1.54, 1.807) is 0 Å². The first kappa shape index (κ1) is 10.6. The number of aryl methyl sites for hydroxylation is 1. The third-order valence-electron chi connectivity index (χ3n) is 3.49. The Kier molecular flexibility index (Phi) is 2.71. The van der Waals surface area contributed by atoms with Gasteiger partial charge in [0.25, 0.3) is 0 Å². The summed E-state index contributed by atoms with van der Waals surface area (Å²) in [4.78, 5) is 4.51. The van der Waals surface area contributed by atoms with Gasteiger partial charge in [-0.25, -0.2) is 4.52 Å². The summed E-state index contributed by atoms with van der Waals surface area (Å²) in [7, 11) is 0. The number of nitrogens with one attached hydrogen (secondary N) is 1. The average molecular weight is 230 g/mol. The van der Waals surface area contributed by atoms with Gasteiger partial charge in [0.15, 0.2) is 5.65 Å². The minimum atomic E-state index is 0.557. The highest BCUT2D eigenvalue weighted by Gasteiger charge is 2.15. The van der Waals surface area contributed by atoms with Crippen LogP contribution in [0.4, 0.5) is 5.95 Å². The van der Waals surface area contributed by atoms with E-state index in [0.29, 0.717) is 6.04 Å². The smallest absolute Gasteiger partial charge is 0.243 e. The maximum Gasteiger partial charge on any atom is 0.243 e. The zero-order valence-corrected chi connectivity index (χ0v) is 10.2. The topological polar surface area (TPSA) is 42.2 Å².